The van der Waals surface area contributed by atoms with E-state index in [2.05, 4.69) is 0 Å². The number of carbonyl (C=O) groups is 1. The van der Waals surface area contributed by atoms with Gasteiger partial charge in [-0.15, -0.1) is 0 Å². The molecule has 1 aromatic carbocycles. The van der Waals surface area contributed by atoms with Crippen molar-refractivity contribution < 1.29 is 24.4 Å². The van der Waals surface area contributed by atoms with Gasteiger partial charge < -0.3 is 9.79 Å². The molecule has 18 heavy (non-hydrogen) atoms. The molecule has 0 aliphatic heterocycles. The molecule has 0 unspecified atom stereocenters. The fourth-order valence-corrected chi connectivity index (χ4v) is 1.62. The van der Waals surface area contributed by atoms with Crippen LogP contribution < -0.4 is 0 Å². The molecule has 0 fully saturated rings. The molecular formula is C11H14NO5P. The average Bonchev–Trinajstić information content (AvgIpc) is 2.28. The summed E-state index contributed by atoms with van der Waals surface area (Å²) in [4.78, 5) is 28.6. The van der Waals surface area contributed by atoms with Gasteiger partial charge in [-0.05, 0) is 5.56 Å². The van der Waals surface area contributed by atoms with Crippen LogP contribution in [0.5, 0.6) is 0 Å². The highest BCUT2D eigenvalue weighted by molar-refractivity contribution is 7.55. The molecule has 1 aromatic rings. The van der Waals surface area contributed by atoms with E-state index in [1.54, 1.807) is 24.3 Å². The first kappa shape index (κ1) is 14.6. The minimum absolute atomic E-state index is 0.0289. The SMILES string of the molecule is O=C(Cc1ccccc1)N(O)C/C=C/P(=O)(O)O. The Kier molecular flexibility index (Phi) is 5.25. The second-order valence-electron chi connectivity index (χ2n) is 3.61. The second kappa shape index (κ2) is 6.47. The highest BCUT2D eigenvalue weighted by atomic mass is 31.2. The predicted molar refractivity (Wildman–Crippen MR) is 64.8 cm³/mol. The lowest BCUT2D eigenvalue weighted by molar-refractivity contribution is -0.162. The van der Waals surface area contributed by atoms with Crippen molar-refractivity contribution in [2.24, 2.45) is 0 Å². The Labute approximate surface area is 104 Å². The minimum atomic E-state index is -4.25. The lowest BCUT2D eigenvalue weighted by Crippen LogP contribution is -2.28. The van der Waals surface area contributed by atoms with Crippen molar-refractivity contribution >= 4 is 13.5 Å². The summed E-state index contributed by atoms with van der Waals surface area (Å²) in [6.45, 7) is -0.267. The molecule has 0 heterocycles. The van der Waals surface area contributed by atoms with Gasteiger partial charge in [0.2, 0.25) is 0 Å². The zero-order chi connectivity index (χ0) is 13.6. The van der Waals surface area contributed by atoms with Crippen LogP contribution in [0.4, 0.5) is 0 Å². The summed E-state index contributed by atoms with van der Waals surface area (Å²) in [5.74, 6) is 0.100. The standard InChI is InChI=1S/C11H14NO5P/c13-11(9-10-5-2-1-3-6-10)12(14)7-4-8-18(15,16)17/h1-6,8,14H,7,9H2,(H2,15,16,17)/b8-4+. The van der Waals surface area contributed by atoms with Crippen LogP contribution in [0.3, 0.4) is 0 Å². The van der Waals surface area contributed by atoms with Gasteiger partial charge in [-0.1, -0.05) is 36.4 Å². The Morgan fingerprint density at radius 3 is 2.44 bits per heavy atom. The van der Waals surface area contributed by atoms with Crippen molar-refractivity contribution in [3.05, 3.63) is 47.8 Å². The molecule has 1 amide bonds. The summed E-state index contributed by atoms with van der Waals surface area (Å²) in [5.41, 5.74) is 0.750. The third-order valence-corrected chi connectivity index (χ3v) is 2.66. The van der Waals surface area contributed by atoms with E-state index in [9.17, 15) is 14.6 Å². The molecule has 0 spiro atoms. The smallest absolute Gasteiger partial charge is 0.321 e. The van der Waals surface area contributed by atoms with Gasteiger partial charge in [-0.3, -0.25) is 14.6 Å². The predicted octanol–water partition coefficient (Wildman–Crippen LogP) is 1.14. The van der Waals surface area contributed by atoms with Crippen LogP contribution in [-0.2, 0) is 15.8 Å². The Bertz CT molecular complexity index is 468. The van der Waals surface area contributed by atoms with E-state index in [0.29, 0.717) is 10.9 Å². The van der Waals surface area contributed by atoms with E-state index in [1.807, 2.05) is 6.07 Å². The van der Waals surface area contributed by atoms with Crippen LogP contribution in [0.15, 0.2) is 42.2 Å². The summed E-state index contributed by atoms with van der Waals surface area (Å²) in [5, 5.41) is 9.77. The Morgan fingerprint density at radius 1 is 1.28 bits per heavy atom. The summed E-state index contributed by atoms with van der Waals surface area (Å²) in [6.07, 6.45) is 1.07. The van der Waals surface area contributed by atoms with Gasteiger partial charge in [-0.2, -0.15) is 0 Å². The van der Waals surface area contributed by atoms with Gasteiger partial charge >= 0.3 is 7.60 Å². The van der Waals surface area contributed by atoms with E-state index in [1.165, 1.54) is 0 Å². The van der Waals surface area contributed by atoms with E-state index in [-0.39, 0.29) is 13.0 Å². The Hall–Kier alpha value is -1.46. The van der Waals surface area contributed by atoms with Crippen molar-refractivity contribution in [2.45, 2.75) is 6.42 Å². The van der Waals surface area contributed by atoms with Crippen molar-refractivity contribution in [1.29, 1.82) is 0 Å². The van der Waals surface area contributed by atoms with Crippen LogP contribution in [0.25, 0.3) is 0 Å². The van der Waals surface area contributed by atoms with Crippen molar-refractivity contribution in [3.8, 4) is 0 Å². The van der Waals surface area contributed by atoms with Gasteiger partial charge in [0.1, 0.15) is 0 Å². The summed E-state index contributed by atoms with van der Waals surface area (Å²) >= 11 is 0. The summed E-state index contributed by atoms with van der Waals surface area (Å²) < 4.78 is 10.5. The van der Waals surface area contributed by atoms with E-state index < -0.39 is 13.5 Å². The molecule has 7 heteroatoms. The number of benzene rings is 1. The molecule has 6 nitrogen and oxygen atoms in total. The molecule has 0 aliphatic carbocycles. The van der Waals surface area contributed by atoms with Gasteiger partial charge in [-0.25, -0.2) is 5.06 Å². The molecule has 1 rings (SSSR count). The molecule has 0 radical (unpaired) electrons. The summed E-state index contributed by atoms with van der Waals surface area (Å²) in [6, 6.07) is 8.86. The first-order valence-corrected chi connectivity index (χ1v) is 6.83. The fourth-order valence-electron chi connectivity index (χ4n) is 1.25. The first-order valence-electron chi connectivity index (χ1n) is 5.14. The first-order chi connectivity index (χ1) is 8.38. The highest BCUT2D eigenvalue weighted by Gasteiger charge is 2.11. The van der Waals surface area contributed by atoms with E-state index in [0.717, 1.165) is 11.6 Å². The molecular weight excluding hydrogens is 257 g/mol. The quantitative estimate of drug-likeness (QED) is 0.424. The van der Waals surface area contributed by atoms with Crippen molar-refractivity contribution in [2.75, 3.05) is 6.54 Å². The number of nitrogens with zero attached hydrogens (tertiary/aromatic N) is 1. The summed E-state index contributed by atoms with van der Waals surface area (Å²) in [7, 11) is -4.25. The van der Waals surface area contributed by atoms with Crippen LogP contribution in [0.1, 0.15) is 5.56 Å². The van der Waals surface area contributed by atoms with Crippen LogP contribution in [0, 0.1) is 0 Å². The highest BCUT2D eigenvalue weighted by Crippen LogP contribution is 2.35. The van der Waals surface area contributed by atoms with Crippen LogP contribution in [0.2, 0.25) is 0 Å². The monoisotopic (exact) mass is 271 g/mol. The maximum atomic E-state index is 11.5. The molecule has 0 aliphatic rings. The van der Waals surface area contributed by atoms with E-state index in [4.69, 9.17) is 9.79 Å². The number of hydroxylamine groups is 2. The maximum Gasteiger partial charge on any atom is 0.348 e. The van der Waals surface area contributed by atoms with Crippen LogP contribution >= 0.6 is 7.60 Å². The maximum absolute atomic E-state index is 11.5. The van der Waals surface area contributed by atoms with Gasteiger partial charge in [0, 0.05) is 5.82 Å². The number of amides is 1. The van der Waals surface area contributed by atoms with E-state index >= 15 is 0 Å². The van der Waals surface area contributed by atoms with Crippen molar-refractivity contribution in [1.82, 2.24) is 5.06 Å². The molecule has 3 N–H and O–H groups in total. The van der Waals surface area contributed by atoms with Crippen molar-refractivity contribution in [3.63, 3.8) is 0 Å². The fraction of sp³-hybridized carbons (Fsp3) is 0.182. The molecule has 98 valence electrons. The third kappa shape index (κ3) is 5.75. The molecule has 0 bridgehead atoms. The lowest BCUT2D eigenvalue weighted by Gasteiger charge is -2.12. The second-order valence-corrected chi connectivity index (χ2v) is 5.09. The minimum Gasteiger partial charge on any atom is -0.321 e. The van der Waals surface area contributed by atoms with Gasteiger partial charge in [0.25, 0.3) is 5.91 Å². The number of rotatable bonds is 5. The number of hydrogen-bond acceptors (Lipinski definition) is 3. The van der Waals surface area contributed by atoms with Gasteiger partial charge in [0.15, 0.2) is 0 Å². The average molecular weight is 271 g/mol. The van der Waals surface area contributed by atoms with Crippen LogP contribution in [-0.4, -0.2) is 32.5 Å². The number of carbonyl (C=O) groups excluding carboxylic acids is 1. The zero-order valence-electron chi connectivity index (χ0n) is 9.51. The normalized spacial score (nSPS) is 11.7. The zero-order valence-corrected chi connectivity index (χ0v) is 10.4. The Morgan fingerprint density at radius 2 is 1.89 bits per heavy atom. The Balaban J connectivity index is 2.48. The molecule has 0 aromatic heterocycles. The number of hydrogen-bond donors (Lipinski definition) is 3. The molecule has 0 saturated heterocycles. The largest absolute Gasteiger partial charge is 0.348 e. The lowest BCUT2D eigenvalue weighted by atomic mass is 10.1. The third-order valence-electron chi connectivity index (χ3n) is 2.06. The molecule has 0 saturated carbocycles. The molecule has 0 atom stereocenters. The topological polar surface area (TPSA) is 98.1 Å². The van der Waals surface area contributed by atoms with Gasteiger partial charge in [0.05, 0.1) is 13.0 Å².